The normalized spacial score (nSPS) is 26.5. The third-order valence-electron chi connectivity index (χ3n) is 1.72. The molecule has 1 heterocycles. The van der Waals surface area contributed by atoms with Gasteiger partial charge in [-0.3, -0.25) is 4.79 Å². The summed E-state index contributed by atoms with van der Waals surface area (Å²) < 4.78 is 40.3. The van der Waals surface area contributed by atoms with Crippen LogP contribution in [0.25, 0.3) is 0 Å². The topological polar surface area (TPSA) is 26.3 Å². The molecule has 64 valence electrons. The van der Waals surface area contributed by atoms with Crippen molar-refractivity contribution in [3.63, 3.8) is 0 Å². The monoisotopic (exact) mass is 167 g/mol. The van der Waals surface area contributed by atoms with Gasteiger partial charge < -0.3 is 17.7 Å². The number of carbonyl (C=O) groups excluding carboxylic acids is 1. The second kappa shape index (κ2) is 2.75. The highest BCUT2D eigenvalue weighted by atomic mass is 19.4. The van der Waals surface area contributed by atoms with Crippen LogP contribution in [0.5, 0.6) is 0 Å². The molecule has 1 unspecified atom stereocenters. The number of halogens is 3. The van der Waals surface area contributed by atoms with Gasteiger partial charge in [0.15, 0.2) is 0 Å². The summed E-state index contributed by atoms with van der Waals surface area (Å²) >= 11 is 0. The van der Waals surface area contributed by atoms with Crippen LogP contribution in [-0.4, -0.2) is 19.6 Å². The van der Waals surface area contributed by atoms with E-state index in [0.29, 0.717) is 0 Å². The fraction of sp³-hybridized carbons (Fsp3) is 0.800. The summed E-state index contributed by atoms with van der Waals surface area (Å²) in [5.41, 5.74) is 0. The minimum absolute atomic E-state index is 0.0742. The summed E-state index contributed by atoms with van der Waals surface area (Å²) in [7, 11) is 0. The molecule has 0 saturated carbocycles. The number of hydrogen-bond donors (Lipinski definition) is 0. The number of ether oxygens (including phenoxy) is 1. The van der Waals surface area contributed by atoms with Crippen LogP contribution in [0.4, 0.5) is 12.9 Å². The summed E-state index contributed by atoms with van der Waals surface area (Å²) in [5.74, 6) is -2.17. The molecule has 1 aliphatic heterocycles. The lowest BCUT2D eigenvalue weighted by atomic mass is 9.68. The molecular formula is C5H7BF3O2-. The van der Waals surface area contributed by atoms with Crippen molar-refractivity contribution in [2.45, 2.75) is 18.7 Å². The second-order valence-corrected chi connectivity index (χ2v) is 2.60. The fourth-order valence-electron chi connectivity index (χ4n) is 1.02. The van der Waals surface area contributed by atoms with Crippen LogP contribution in [0.15, 0.2) is 0 Å². The minimum atomic E-state index is -4.86. The molecule has 1 aliphatic rings. The van der Waals surface area contributed by atoms with Crippen LogP contribution in [0.3, 0.4) is 0 Å². The highest BCUT2D eigenvalue weighted by molar-refractivity contribution is 6.60. The summed E-state index contributed by atoms with van der Waals surface area (Å²) in [6.45, 7) is -4.95. The van der Waals surface area contributed by atoms with Gasteiger partial charge >= 0.3 is 12.9 Å². The van der Waals surface area contributed by atoms with Crippen molar-refractivity contribution in [3.05, 3.63) is 0 Å². The predicted octanol–water partition coefficient (Wildman–Crippen LogP) is 1.54. The zero-order valence-electron chi connectivity index (χ0n) is 5.73. The van der Waals surface area contributed by atoms with Crippen molar-refractivity contribution in [1.82, 2.24) is 0 Å². The summed E-state index contributed by atoms with van der Waals surface area (Å²) in [6, 6.07) is 0. The zero-order chi connectivity index (χ0) is 8.48. The molecule has 0 N–H and O–H groups in total. The highest BCUT2D eigenvalue weighted by Crippen LogP contribution is 2.34. The molecule has 6 heteroatoms. The fourth-order valence-corrected chi connectivity index (χ4v) is 1.02. The molecule has 0 bridgehead atoms. The van der Waals surface area contributed by atoms with Crippen molar-refractivity contribution < 1.29 is 22.5 Å². The van der Waals surface area contributed by atoms with Crippen LogP contribution in [0.2, 0.25) is 5.82 Å². The third kappa shape index (κ3) is 2.13. The quantitative estimate of drug-likeness (QED) is 0.437. The average molecular weight is 167 g/mol. The van der Waals surface area contributed by atoms with Gasteiger partial charge in [-0.05, 0) is 6.42 Å². The first-order valence-electron chi connectivity index (χ1n) is 3.35. The van der Waals surface area contributed by atoms with Gasteiger partial charge in [0.05, 0.1) is 6.61 Å². The maximum atomic E-state index is 12.0. The van der Waals surface area contributed by atoms with E-state index in [-0.39, 0.29) is 13.0 Å². The van der Waals surface area contributed by atoms with Gasteiger partial charge in [-0.15, -0.1) is 0 Å². The largest absolute Gasteiger partial charge is 0.482 e. The molecule has 1 fully saturated rings. The molecular weight excluding hydrogens is 160 g/mol. The lowest BCUT2D eigenvalue weighted by Gasteiger charge is -2.29. The Kier molecular flexibility index (Phi) is 2.11. The predicted molar refractivity (Wildman–Crippen MR) is 33.0 cm³/mol. The van der Waals surface area contributed by atoms with Gasteiger partial charge in [-0.25, -0.2) is 0 Å². The van der Waals surface area contributed by atoms with Crippen LogP contribution in [0.1, 0.15) is 12.8 Å². The Bertz CT molecular complexity index is 168. The van der Waals surface area contributed by atoms with Gasteiger partial charge in [0.25, 0.3) is 0 Å². The van der Waals surface area contributed by atoms with E-state index in [0.717, 1.165) is 0 Å². The molecule has 0 radical (unpaired) electrons. The van der Waals surface area contributed by atoms with E-state index in [1.165, 1.54) is 0 Å². The Labute approximate surface area is 61.8 Å². The molecule has 1 atom stereocenters. The Balaban J connectivity index is 2.53. The summed E-state index contributed by atoms with van der Waals surface area (Å²) in [5, 5.41) is 0. The number of cyclic esters (lactones) is 1. The Morgan fingerprint density at radius 3 is 2.45 bits per heavy atom. The Morgan fingerprint density at radius 2 is 2.09 bits per heavy atom. The molecule has 1 rings (SSSR count). The molecule has 11 heavy (non-hydrogen) atoms. The molecule has 1 saturated heterocycles. The first-order chi connectivity index (χ1) is 5.00. The van der Waals surface area contributed by atoms with Crippen molar-refractivity contribution >= 4 is 12.9 Å². The summed E-state index contributed by atoms with van der Waals surface area (Å²) in [6.07, 6.45) is -0.571. The lowest BCUT2D eigenvalue weighted by Crippen LogP contribution is -2.31. The molecule has 0 spiro atoms. The van der Waals surface area contributed by atoms with Crippen molar-refractivity contribution in [2.75, 3.05) is 6.61 Å². The van der Waals surface area contributed by atoms with E-state index in [1.807, 2.05) is 0 Å². The molecule has 2 nitrogen and oxygen atoms in total. The van der Waals surface area contributed by atoms with E-state index in [9.17, 15) is 17.7 Å². The van der Waals surface area contributed by atoms with Gasteiger partial charge in [0, 0.05) is 6.42 Å². The first-order valence-corrected chi connectivity index (χ1v) is 3.35. The highest BCUT2D eigenvalue weighted by Gasteiger charge is 2.38. The van der Waals surface area contributed by atoms with E-state index < -0.39 is 25.2 Å². The third-order valence-corrected chi connectivity index (χ3v) is 1.72. The molecule has 0 aromatic rings. The Morgan fingerprint density at radius 1 is 1.45 bits per heavy atom. The lowest BCUT2D eigenvalue weighted by molar-refractivity contribution is -0.147. The van der Waals surface area contributed by atoms with Crippen LogP contribution < -0.4 is 0 Å². The van der Waals surface area contributed by atoms with E-state index in [1.54, 1.807) is 0 Å². The number of hydrogen-bond acceptors (Lipinski definition) is 2. The zero-order valence-corrected chi connectivity index (χ0v) is 5.73. The molecule has 0 aliphatic carbocycles. The second-order valence-electron chi connectivity index (χ2n) is 2.60. The van der Waals surface area contributed by atoms with Gasteiger partial charge in [-0.1, -0.05) is 5.82 Å². The van der Waals surface area contributed by atoms with E-state index in [2.05, 4.69) is 4.74 Å². The van der Waals surface area contributed by atoms with E-state index in [4.69, 9.17) is 0 Å². The molecule has 0 aromatic carbocycles. The molecule has 0 aromatic heterocycles. The first kappa shape index (κ1) is 8.42. The number of carbonyl (C=O) groups is 1. The van der Waals surface area contributed by atoms with Gasteiger partial charge in [0.2, 0.25) is 0 Å². The van der Waals surface area contributed by atoms with Crippen molar-refractivity contribution in [3.8, 4) is 0 Å². The maximum Gasteiger partial charge on any atom is 0.482 e. The molecule has 0 amide bonds. The maximum absolute atomic E-state index is 12.0. The Hall–Kier alpha value is -0.675. The van der Waals surface area contributed by atoms with Crippen LogP contribution >= 0.6 is 0 Å². The van der Waals surface area contributed by atoms with Crippen molar-refractivity contribution in [1.29, 1.82) is 0 Å². The summed E-state index contributed by atoms with van der Waals surface area (Å²) in [4.78, 5) is 10.4. The van der Waals surface area contributed by atoms with Crippen LogP contribution in [-0.2, 0) is 9.53 Å². The van der Waals surface area contributed by atoms with Crippen molar-refractivity contribution in [2.24, 2.45) is 0 Å². The SMILES string of the molecule is O=C1CC([B-](F)(F)F)CCO1. The number of esters is 1. The van der Waals surface area contributed by atoms with Gasteiger partial charge in [-0.2, -0.15) is 0 Å². The van der Waals surface area contributed by atoms with Gasteiger partial charge in [0.1, 0.15) is 0 Å². The smallest absolute Gasteiger partial charge is 0.466 e. The minimum Gasteiger partial charge on any atom is -0.466 e. The van der Waals surface area contributed by atoms with Crippen LogP contribution in [0, 0.1) is 0 Å². The average Bonchev–Trinajstić information content (AvgIpc) is 1.86. The standard InChI is InChI=1S/C5H7BF3O2/c7-6(8,9)4-1-2-11-5(10)3-4/h4H,1-3H2/q-1. The van der Waals surface area contributed by atoms with E-state index >= 15 is 0 Å². The number of rotatable bonds is 1.